The van der Waals surface area contributed by atoms with Gasteiger partial charge in [0.2, 0.25) is 5.91 Å². The maximum atomic E-state index is 13.1. The Morgan fingerprint density at radius 1 is 1.11 bits per heavy atom. The van der Waals surface area contributed by atoms with Crippen LogP contribution in [0.2, 0.25) is 5.02 Å². The minimum atomic E-state index is 0.0722. The summed E-state index contributed by atoms with van der Waals surface area (Å²) in [6, 6.07) is 15.6. The summed E-state index contributed by atoms with van der Waals surface area (Å²) in [7, 11) is 0. The fourth-order valence-corrected chi connectivity index (χ4v) is 4.39. The largest absolute Gasteiger partial charge is 0.334 e. The minimum absolute atomic E-state index is 0.0722. The number of thiazole rings is 1. The number of fused-ring (bicyclic) bond motifs is 1. The molecule has 1 amide bonds. The lowest BCUT2D eigenvalue weighted by molar-refractivity contribution is -0.894. The molecule has 0 unspecified atom stereocenters. The Morgan fingerprint density at radius 2 is 1.85 bits per heavy atom. The summed E-state index contributed by atoms with van der Waals surface area (Å²) in [5, 5.41) is 1.35. The summed E-state index contributed by atoms with van der Waals surface area (Å²) in [6.07, 6.45) is 0.373. The van der Waals surface area contributed by atoms with Crippen molar-refractivity contribution in [2.45, 2.75) is 20.3 Å². The number of nitrogens with one attached hydrogen (secondary N) is 1. The molecule has 142 valence electrons. The second kappa shape index (κ2) is 9.31. The quantitative estimate of drug-likeness (QED) is 0.626. The van der Waals surface area contributed by atoms with Crippen LogP contribution in [0.25, 0.3) is 10.2 Å². The van der Waals surface area contributed by atoms with Gasteiger partial charge in [0.05, 0.1) is 42.3 Å². The van der Waals surface area contributed by atoms with Crippen LogP contribution in [-0.4, -0.2) is 37.1 Å². The number of halogens is 1. The summed E-state index contributed by atoms with van der Waals surface area (Å²) in [4.78, 5) is 21.1. The van der Waals surface area contributed by atoms with E-state index in [4.69, 9.17) is 11.6 Å². The van der Waals surface area contributed by atoms with Gasteiger partial charge in [0.15, 0.2) is 5.13 Å². The lowest BCUT2D eigenvalue weighted by atomic mass is 10.1. The van der Waals surface area contributed by atoms with E-state index in [1.807, 2.05) is 53.4 Å². The second-order valence-corrected chi connectivity index (χ2v) is 7.91. The Bertz CT molecular complexity index is 893. The minimum Gasteiger partial charge on any atom is -0.334 e. The molecular weight excluding hydrogens is 378 g/mol. The molecule has 1 heterocycles. The standard InChI is InChI=1S/C21H24ClN3OS/c1-3-24(4-2)13-14-25(19(26)15-16-9-6-5-7-10-16)21-23-20-17(22)11-8-12-18(20)27-21/h5-12H,3-4,13-15H2,1-2H3/p+1. The SMILES string of the molecule is CC[NH+](CC)CCN(C(=O)Cc1ccccc1)c1nc2c(Cl)cccc2s1. The number of nitrogens with zero attached hydrogens (tertiary/aromatic N) is 2. The van der Waals surface area contributed by atoms with Crippen molar-refractivity contribution in [3.8, 4) is 0 Å². The highest BCUT2D eigenvalue weighted by atomic mass is 35.5. The third-order valence-electron chi connectivity index (χ3n) is 4.78. The first-order valence-electron chi connectivity index (χ1n) is 9.35. The first-order valence-corrected chi connectivity index (χ1v) is 10.5. The Balaban J connectivity index is 1.88. The van der Waals surface area contributed by atoms with Gasteiger partial charge in [-0.2, -0.15) is 0 Å². The van der Waals surface area contributed by atoms with Crippen LogP contribution in [0.3, 0.4) is 0 Å². The first kappa shape index (κ1) is 19.8. The van der Waals surface area contributed by atoms with Gasteiger partial charge in [-0.25, -0.2) is 4.98 Å². The van der Waals surface area contributed by atoms with Crippen LogP contribution >= 0.6 is 22.9 Å². The van der Waals surface area contributed by atoms with Crippen molar-refractivity contribution in [2.24, 2.45) is 0 Å². The number of para-hydroxylation sites is 1. The molecule has 0 radical (unpaired) electrons. The molecule has 3 aromatic rings. The van der Waals surface area contributed by atoms with Gasteiger partial charge in [-0.15, -0.1) is 0 Å². The van der Waals surface area contributed by atoms with E-state index in [-0.39, 0.29) is 5.91 Å². The van der Waals surface area contributed by atoms with Gasteiger partial charge in [-0.3, -0.25) is 9.69 Å². The number of anilines is 1. The van der Waals surface area contributed by atoms with Gasteiger partial charge in [0.1, 0.15) is 5.52 Å². The Kier molecular flexibility index (Phi) is 6.83. The summed E-state index contributed by atoms with van der Waals surface area (Å²) in [6.45, 7) is 7.99. The Labute approximate surface area is 169 Å². The molecule has 0 aliphatic heterocycles. The average Bonchev–Trinajstić information content (AvgIpc) is 3.11. The Morgan fingerprint density at radius 3 is 2.52 bits per heavy atom. The predicted octanol–water partition coefficient (Wildman–Crippen LogP) is 3.45. The van der Waals surface area contributed by atoms with E-state index >= 15 is 0 Å². The molecule has 0 saturated carbocycles. The number of benzene rings is 2. The predicted molar refractivity (Wildman–Crippen MR) is 114 cm³/mol. The normalized spacial score (nSPS) is 11.3. The van der Waals surface area contributed by atoms with E-state index in [9.17, 15) is 4.79 Å². The van der Waals surface area contributed by atoms with Gasteiger partial charge < -0.3 is 4.90 Å². The van der Waals surface area contributed by atoms with Crippen molar-refractivity contribution in [1.29, 1.82) is 0 Å². The zero-order chi connectivity index (χ0) is 19.2. The van der Waals surface area contributed by atoms with E-state index in [1.54, 1.807) is 0 Å². The van der Waals surface area contributed by atoms with Crippen LogP contribution < -0.4 is 9.80 Å². The molecule has 0 bridgehead atoms. The topological polar surface area (TPSA) is 37.6 Å². The monoisotopic (exact) mass is 402 g/mol. The molecular formula is C21H25ClN3OS+. The zero-order valence-electron chi connectivity index (χ0n) is 15.7. The van der Waals surface area contributed by atoms with Crippen molar-refractivity contribution in [3.63, 3.8) is 0 Å². The summed E-state index contributed by atoms with van der Waals surface area (Å²) in [5.41, 5.74) is 1.79. The maximum Gasteiger partial charge on any atom is 0.233 e. The van der Waals surface area contributed by atoms with E-state index in [0.717, 1.165) is 40.5 Å². The van der Waals surface area contributed by atoms with Crippen LogP contribution in [0.1, 0.15) is 19.4 Å². The zero-order valence-corrected chi connectivity index (χ0v) is 17.3. The molecule has 0 atom stereocenters. The third kappa shape index (κ3) is 4.86. The van der Waals surface area contributed by atoms with Crippen molar-refractivity contribution in [3.05, 3.63) is 59.1 Å². The number of carbonyl (C=O) groups excluding carboxylic acids is 1. The van der Waals surface area contributed by atoms with Gasteiger partial charge in [0, 0.05) is 0 Å². The first-order chi connectivity index (χ1) is 13.1. The second-order valence-electron chi connectivity index (χ2n) is 6.50. The van der Waals surface area contributed by atoms with Crippen molar-refractivity contribution < 1.29 is 9.69 Å². The number of hydrogen-bond acceptors (Lipinski definition) is 3. The van der Waals surface area contributed by atoms with Crippen LogP contribution in [0.5, 0.6) is 0 Å². The smallest absolute Gasteiger partial charge is 0.233 e. The van der Waals surface area contributed by atoms with Crippen molar-refractivity contribution in [1.82, 2.24) is 4.98 Å². The van der Waals surface area contributed by atoms with Crippen LogP contribution in [0.15, 0.2) is 48.5 Å². The number of likely N-dealkylation sites (N-methyl/N-ethyl adjacent to an activating group) is 1. The van der Waals surface area contributed by atoms with Crippen molar-refractivity contribution >= 4 is 44.2 Å². The molecule has 4 nitrogen and oxygen atoms in total. The molecule has 0 aliphatic rings. The van der Waals surface area contributed by atoms with E-state index < -0.39 is 0 Å². The van der Waals surface area contributed by atoms with Gasteiger partial charge >= 0.3 is 0 Å². The number of amides is 1. The summed E-state index contributed by atoms with van der Waals surface area (Å²) >= 11 is 7.82. The molecule has 3 rings (SSSR count). The average molecular weight is 403 g/mol. The Hall–Kier alpha value is -1.95. The van der Waals surface area contributed by atoms with Gasteiger partial charge in [-0.1, -0.05) is 59.3 Å². The van der Waals surface area contributed by atoms with E-state index in [2.05, 4.69) is 18.8 Å². The summed E-state index contributed by atoms with van der Waals surface area (Å²) < 4.78 is 1.00. The molecule has 0 fully saturated rings. The van der Waals surface area contributed by atoms with E-state index in [0.29, 0.717) is 18.0 Å². The van der Waals surface area contributed by atoms with Crippen LogP contribution in [-0.2, 0) is 11.2 Å². The molecule has 6 heteroatoms. The van der Waals surface area contributed by atoms with Crippen LogP contribution in [0.4, 0.5) is 5.13 Å². The number of carbonyl (C=O) groups is 1. The molecule has 27 heavy (non-hydrogen) atoms. The molecule has 0 saturated heterocycles. The lowest BCUT2D eigenvalue weighted by Gasteiger charge is -2.23. The highest BCUT2D eigenvalue weighted by Gasteiger charge is 2.22. The lowest BCUT2D eigenvalue weighted by Crippen LogP contribution is -3.12. The van der Waals surface area contributed by atoms with E-state index in [1.165, 1.54) is 16.2 Å². The highest BCUT2D eigenvalue weighted by molar-refractivity contribution is 7.22. The highest BCUT2D eigenvalue weighted by Crippen LogP contribution is 2.32. The number of hydrogen-bond donors (Lipinski definition) is 1. The number of rotatable bonds is 8. The molecule has 1 N–H and O–H groups in total. The van der Waals surface area contributed by atoms with Crippen molar-refractivity contribution in [2.75, 3.05) is 31.1 Å². The maximum absolute atomic E-state index is 13.1. The van der Waals surface area contributed by atoms with Gasteiger partial charge in [0.25, 0.3) is 0 Å². The fourth-order valence-electron chi connectivity index (χ4n) is 3.09. The third-order valence-corrected chi connectivity index (χ3v) is 6.13. The molecule has 2 aromatic carbocycles. The molecule has 0 spiro atoms. The van der Waals surface area contributed by atoms with Crippen LogP contribution in [0, 0.1) is 0 Å². The number of aromatic nitrogens is 1. The number of quaternary nitrogens is 1. The van der Waals surface area contributed by atoms with Gasteiger partial charge in [-0.05, 0) is 31.5 Å². The summed E-state index contributed by atoms with van der Waals surface area (Å²) in [5.74, 6) is 0.0722. The molecule has 0 aliphatic carbocycles. The molecule has 1 aromatic heterocycles. The fraction of sp³-hybridized carbons (Fsp3) is 0.333.